The average molecular weight is 261 g/mol. The van der Waals surface area contributed by atoms with Gasteiger partial charge < -0.3 is 14.8 Å². The Morgan fingerprint density at radius 3 is 2.63 bits per heavy atom. The fraction of sp³-hybridized carbons (Fsp3) is 0.357. The van der Waals surface area contributed by atoms with Gasteiger partial charge in [-0.25, -0.2) is 0 Å². The first-order chi connectivity index (χ1) is 9.13. The highest BCUT2D eigenvalue weighted by Gasteiger charge is 2.11. The van der Waals surface area contributed by atoms with Crippen LogP contribution >= 0.6 is 0 Å². The monoisotopic (exact) mass is 261 g/mol. The summed E-state index contributed by atoms with van der Waals surface area (Å²) in [6.45, 7) is 2.08. The molecule has 0 aliphatic carbocycles. The summed E-state index contributed by atoms with van der Waals surface area (Å²) in [7, 11) is 5.21. The minimum Gasteiger partial charge on any atom is -0.497 e. The standard InChI is InChI=1S/C14H19N3O2/c1-10(11-8-15-17(2)9-11)16-13-7-12(18-3)5-6-14(13)19-4/h5-10,16H,1-4H3. The Kier molecular flexibility index (Phi) is 3.94. The Morgan fingerprint density at radius 2 is 2.05 bits per heavy atom. The van der Waals surface area contributed by atoms with Gasteiger partial charge in [-0.05, 0) is 19.1 Å². The third kappa shape index (κ3) is 2.99. The van der Waals surface area contributed by atoms with Gasteiger partial charge in [0.25, 0.3) is 0 Å². The van der Waals surface area contributed by atoms with E-state index in [1.54, 1.807) is 18.9 Å². The normalized spacial score (nSPS) is 12.0. The van der Waals surface area contributed by atoms with Crippen molar-refractivity contribution in [2.75, 3.05) is 19.5 Å². The van der Waals surface area contributed by atoms with Gasteiger partial charge in [0.15, 0.2) is 0 Å². The number of hydrogen-bond donors (Lipinski definition) is 1. The van der Waals surface area contributed by atoms with Crippen molar-refractivity contribution in [1.82, 2.24) is 9.78 Å². The van der Waals surface area contributed by atoms with Crippen molar-refractivity contribution >= 4 is 5.69 Å². The molecule has 2 aromatic rings. The predicted molar refractivity (Wildman–Crippen MR) is 74.8 cm³/mol. The molecule has 0 fully saturated rings. The number of benzene rings is 1. The van der Waals surface area contributed by atoms with E-state index in [4.69, 9.17) is 9.47 Å². The minimum atomic E-state index is 0.134. The molecule has 0 saturated heterocycles. The predicted octanol–water partition coefficient (Wildman–Crippen LogP) is 2.61. The second-order valence-electron chi connectivity index (χ2n) is 4.38. The number of methoxy groups -OCH3 is 2. The van der Waals surface area contributed by atoms with E-state index in [0.29, 0.717) is 0 Å². The summed E-state index contributed by atoms with van der Waals surface area (Å²) in [5.41, 5.74) is 2.02. The molecule has 1 aromatic heterocycles. The van der Waals surface area contributed by atoms with Gasteiger partial charge in [-0.2, -0.15) is 5.10 Å². The highest BCUT2D eigenvalue weighted by molar-refractivity contribution is 5.60. The van der Waals surface area contributed by atoms with Gasteiger partial charge in [0.2, 0.25) is 0 Å². The van der Waals surface area contributed by atoms with Gasteiger partial charge in [-0.15, -0.1) is 0 Å². The first kappa shape index (κ1) is 13.3. The van der Waals surface area contributed by atoms with E-state index in [2.05, 4.69) is 17.3 Å². The van der Waals surface area contributed by atoms with Crippen LogP contribution in [0.2, 0.25) is 0 Å². The molecule has 1 atom stereocenters. The lowest BCUT2D eigenvalue weighted by molar-refractivity contribution is 0.404. The van der Waals surface area contributed by atoms with Crippen LogP contribution in [0.1, 0.15) is 18.5 Å². The molecule has 0 aliphatic heterocycles. The van der Waals surface area contributed by atoms with Gasteiger partial charge >= 0.3 is 0 Å². The van der Waals surface area contributed by atoms with Crippen molar-refractivity contribution in [3.05, 3.63) is 36.2 Å². The summed E-state index contributed by atoms with van der Waals surface area (Å²) in [4.78, 5) is 0. The van der Waals surface area contributed by atoms with Crippen LogP contribution in [0.3, 0.4) is 0 Å². The van der Waals surface area contributed by atoms with E-state index in [1.165, 1.54) is 0 Å². The van der Waals surface area contributed by atoms with E-state index >= 15 is 0 Å². The van der Waals surface area contributed by atoms with Crippen LogP contribution in [0.15, 0.2) is 30.6 Å². The molecule has 5 heteroatoms. The Labute approximate surface area is 113 Å². The Balaban J connectivity index is 2.21. The van der Waals surface area contributed by atoms with Crippen LogP contribution in [0.5, 0.6) is 11.5 Å². The topological polar surface area (TPSA) is 48.3 Å². The number of anilines is 1. The second kappa shape index (κ2) is 5.65. The van der Waals surface area contributed by atoms with Crippen LogP contribution in [-0.4, -0.2) is 24.0 Å². The van der Waals surface area contributed by atoms with E-state index in [-0.39, 0.29) is 6.04 Å². The molecule has 1 heterocycles. The summed E-state index contributed by atoms with van der Waals surface area (Å²) < 4.78 is 12.4. The summed E-state index contributed by atoms with van der Waals surface area (Å²) in [5, 5.41) is 7.58. The summed E-state index contributed by atoms with van der Waals surface area (Å²) >= 11 is 0. The van der Waals surface area contributed by atoms with Crippen molar-refractivity contribution in [3.63, 3.8) is 0 Å². The molecular weight excluding hydrogens is 242 g/mol. The molecule has 102 valence electrons. The zero-order chi connectivity index (χ0) is 13.8. The average Bonchev–Trinajstić information content (AvgIpc) is 2.85. The smallest absolute Gasteiger partial charge is 0.142 e. The molecule has 0 bridgehead atoms. The maximum absolute atomic E-state index is 5.35. The van der Waals surface area contributed by atoms with Gasteiger partial charge in [-0.3, -0.25) is 4.68 Å². The van der Waals surface area contributed by atoms with Crippen LogP contribution in [0.4, 0.5) is 5.69 Å². The van der Waals surface area contributed by atoms with E-state index in [9.17, 15) is 0 Å². The molecular formula is C14H19N3O2. The van der Waals surface area contributed by atoms with Gasteiger partial charge in [0.05, 0.1) is 32.1 Å². The number of nitrogens with zero attached hydrogens (tertiary/aromatic N) is 2. The number of hydrogen-bond acceptors (Lipinski definition) is 4. The minimum absolute atomic E-state index is 0.134. The number of ether oxygens (including phenoxy) is 2. The molecule has 0 saturated carbocycles. The van der Waals surface area contributed by atoms with Crippen LogP contribution < -0.4 is 14.8 Å². The third-order valence-corrected chi connectivity index (χ3v) is 3.00. The molecule has 5 nitrogen and oxygen atoms in total. The first-order valence-corrected chi connectivity index (χ1v) is 6.11. The van der Waals surface area contributed by atoms with Crippen LogP contribution in [-0.2, 0) is 7.05 Å². The van der Waals surface area contributed by atoms with Crippen LogP contribution in [0, 0.1) is 0 Å². The molecule has 0 aliphatic rings. The fourth-order valence-electron chi connectivity index (χ4n) is 1.91. The zero-order valence-corrected chi connectivity index (χ0v) is 11.7. The molecule has 1 aromatic carbocycles. The van der Waals surface area contributed by atoms with Crippen molar-refractivity contribution in [1.29, 1.82) is 0 Å². The highest BCUT2D eigenvalue weighted by atomic mass is 16.5. The Morgan fingerprint density at radius 1 is 1.26 bits per heavy atom. The maximum Gasteiger partial charge on any atom is 0.142 e. The third-order valence-electron chi connectivity index (χ3n) is 3.00. The summed E-state index contributed by atoms with van der Waals surface area (Å²) in [6, 6.07) is 5.82. The zero-order valence-electron chi connectivity index (χ0n) is 11.7. The van der Waals surface area contributed by atoms with Crippen molar-refractivity contribution in [2.24, 2.45) is 7.05 Å². The Hall–Kier alpha value is -2.17. The van der Waals surface area contributed by atoms with Crippen molar-refractivity contribution in [2.45, 2.75) is 13.0 Å². The van der Waals surface area contributed by atoms with E-state index < -0.39 is 0 Å². The second-order valence-corrected chi connectivity index (χ2v) is 4.38. The van der Waals surface area contributed by atoms with Gasteiger partial charge in [0.1, 0.15) is 11.5 Å². The van der Waals surface area contributed by atoms with Crippen LogP contribution in [0.25, 0.3) is 0 Å². The van der Waals surface area contributed by atoms with E-state index in [1.807, 2.05) is 37.6 Å². The molecule has 0 amide bonds. The lowest BCUT2D eigenvalue weighted by Crippen LogP contribution is -2.07. The van der Waals surface area contributed by atoms with Gasteiger partial charge in [-0.1, -0.05) is 0 Å². The van der Waals surface area contributed by atoms with Crippen molar-refractivity contribution < 1.29 is 9.47 Å². The number of nitrogens with one attached hydrogen (secondary N) is 1. The van der Waals surface area contributed by atoms with Gasteiger partial charge in [0, 0.05) is 24.9 Å². The molecule has 19 heavy (non-hydrogen) atoms. The lowest BCUT2D eigenvalue weighted by Gasteiger charge is -2.17. The van der Waals surface area contributed by atoms with E-state index in [0.717, 1.165) is 22.7 Å². The quantitative estimate of drug-likeness (QED) is 0.898. The maximum atomic E-state index is 5.35. The number of rotatable bonds is 5. The number of aryl methyl sites for hydroxylation is 1. The highest BCUT2D eigenvalue weighted by Crippen LogP contribution is 2.31. The van der Waals surface area contributed by atoms with Crippen molar-refractivity contribution in [3.8, 4) is 11.5 Å². The molecule has 1 unspecified atom stereocenters. The Bertz CT molecular complexity index is 551. The summed E-state index contributed by atoms with van der Waals surface area (Å²) in [6.07, 6.45) is 3.84. The summed E-state index contributed by atoms with van der Waals surface area (Å²) in [5.74, 6) is 1.58. The first-order valence-electron chi connectivity index (χ1n) is 6.11. The molecule has 1 N–H and O–H groups in total. The SMILES string of the molecule is COc1ccc(OC)c(NC(C)c2cnn(C)c2)c1. The fourth-order valence-corrected chi connectivity index (χ4v) is 1.91. The lowest BCUT2D eigenvalue weighted by atomic mass is 10.1. The molecule has 0 radical (unpaired) electrons. The molecule has 2 rings (SSSR count). The molecule has 0 spiro atoms. The number of aromatic nitrogens is 2. The largest absolute Gasteiger partial charge is 0.497 e.